The lowest BCUT2D eigenvalue weighted by atomic mass is 10.0. The second kappa shape index (κ2) is 4.85. The fourth-order valence-corrected chi connectivity index (χ4v) is 4.19. The third-order valence-electron chi connectivity index (χ3n) is 3.52. The molecule has 1 aliphatic carbocycles. The molecule has 1 fully saturated rings. The standard InChI is InChI=1S/C13H14BrFN2S/c14-10-7-9(15)3-4-11(10)16-12-17-13(8-18-12)5-1-2-6-13/h3-4,7H,1-2,5-6,8H2,(H,16,17). The minimum Gasteiger partial charge on any atom is -0.334 e. The van der Waals surface area contributed by atoms with E-state index in [2.05, 4.69) is 21.2 Å². The van der Waals surface area contributed by atoms with Crippen molar-refractivity contribution in [2.75, 3.05) is 11.1 Å². The lowest BCUT2D eigenvalue weighted by Gasteiger charge is -2.16. The number of nitrogens with zero attached hydrogens (tertiary/aromatic N) is 1. The van der Waals surface area contributed by atoms with Crippen LogP contribution in [0.2, 0.25) is 0 Å². The Hall–Kier alpha value is -0.550. The molecule has 0 saturated heterocycles. The number of rotatable bonds is 1. The van der Waals surface area contributed by atoms with Gasteiger partial charge in [-0.2, -0.15) is 0 Å². The van der Waals surface area contributed by atoms with E-state index in [1.165, 1.54) is 37.8 Å². The molecular formula is C13H14BrFN2S. The molecule has 0 bridgehead atoms. The summed E-state index contributed by atoms with van der Waals surface area (Å²) in [4.78, 5) is 4.83. The molecule has 0 amide bonds. The van der Waals surface area contributed by atoms with Crippen LogP contribution >= 0.6 is 27.7 Å². The van der Waals surface area contributed by atoms with Crippen LogP contribution in [-0.2, 0) is 0 Å². The number of hydrogen-bond acceptors (Lipinski definition) is 3. The maximum atomic E-state index is 13.0. The van der Waals surface area contributed by atoms with E-state index in [0.29, 0.717) is 0 Å². The first-order chi connectivity index (χ1) is 8.67. The first-order valence-corrected chi connectivity index (χ1v) is 7.90. The van der Waals surface area contributed by atoms with E-state index in [4.69, 9.17) is 4.99 Å². The number of hydrogen-bond donors (Lipinski definition) is 1. The van der Waals surface area contributed by atoms with Crippen LogP contribution in [0.25, 0.3) is 0 Å². The molecule has 0 aromatic heterocycles. The van der Waals surface area contributed by atoms with Crippen LogP contribution in [0.15, 0.2) is 27.7 Å². The number of amidine groups is 1. The molecule has 18 heavy (non-hydrogen) atoms. The molecule has 5 heteroatoms. The number of halogens is 2. The van der Waals surface area contributed by atoms with E-state index >= 15 is 0 Å². The fourth-order valence-electron chi connectivity index (χ4n) is 2.54. The summed E-state index contributed by atoms with van der Waals surface area (Å²) in [5, 5.41) is 4.25. The summed E-state index contributed by atoms with van der Waals surface area (Å²) in [5.41, 5.74) is 1.05. The second-order valence-corrected chi connectivity index (χ2v) is 6.70. The van der Waals surface area contributed by atoms with Crippen LogP contribution in [0, 0.1) is 5.82 Å². The van der Waals surface area contributed by atoms with Crippen molar-refractivity contribution >= 4 is 38.5 Å². The van der Waals surface area contributed by atoms with Gasteiger partial charge in [0.05, 0.1) is 11.2 Å². The van der Waals surface area contributed by atoms with Crippen molar-refractivity contribution in [2.45, 2.75) is 31.2 Å². The Morgan fingerprint density at radius 1 is 1.33 bits per heavy atom. The Balaban J connectivity index is 1.77. The fraction of sp³-hybridized carbons (Fsp3) is 0.462. The topological polar surface area (TPSA) is 24.4 Å². The highest BCUT2D eigenvalue weighted by atomic mass is 79.9. The zero-order valence-corrected chi connectivity index (χ0v) is 12.3. The zero-order chi connectivity index (χ0) is 12.6. The largest absolute Gasteiger partial charge is 0.334 e. The predicted octanol–water partition coefficient (Wildman–Crippen LogP) is 4.42. The van der Waals surface area contributed by atoms with Crippen LogP contribution in [0.5, 0.6) is 0 Å². The summed E-state index contributed by atoms with van der Waals surface area (Å²) < 4.78 is 13.7. The molecule has 2 aliphatic rings. The molecule has 1 heterocycles. The molecule has 2 nitrogen and oxygen atoms in total. The van der Waals surface area contributed by atoms with E-state index in [0.717, 1.165) is 21.1 Å². The van der Waals surface area contributed by atoms with Gasteiger partial charge in [0, 0.05) is 10.2 Å². The summed E-state index contributed by atoms with van der Waals surface area (Å²) in [6, 6.07) is 4.66. The normalized spacial score (nSPS) is 21.3. The summed E-state index contributed by atoms with van der Waals surface area (Å²) in [7, 11) is 0. The third-order valence-corrected chi connectivity index (χ3v) is 5.33. The van der Waals surface area contributed by atoms with Crippen LogP contribution in [0.4, 0.5) is 10.1 Å². The first-order valence-electron chi connectivity index (χ1n) is 6.12. The molecular weight excluding hydrogens is 315 g/mol. The molecule has 1 aliphatic heterocycles. The average molecular weight is 329 g/mol. The molecule has 96 valence electrons. The number of benzene rings is 1. The van der Waals surface area contributed by atoms with Crippen molar-refractivity contribution in [1.29, 1.82) is 0 Å². The summed E-state index contributed by atoms with van der Waals surface area (Å²) in [6.07, 6.45) is 4.99. The zero-order valence-electron chi connectivity index (χ0n) is 9.88. The van der Waals surface area contributed by atoms with Crippen molar-refractivity contribution < 1.29 is 4.39 Å². The summed E-state index contributed by atoms with van der Waals surface area (Å²) in [6.45, 7) is 0. The van der Waals surface area contributed by atoms with Crippen molar-refractivity contribution in [3.8, 4) is 0 Å². The Labute approximate surface area is 119 Å². The van der Waals surface area contributed by atoms with Gasteiger partial charge >= 0.3 is 0 Å². The van der Waals surface area contributed by atoms with Gasteiger partial charge in [-0.05, 0) is 47.0 Å². The van der Waals surface area contributed by atoms with E-state index < -0.39 is 0 Å². The molecule has 0 unspecified atom stereocenters. The smallest absolute Gasteiger partial charge is 0.161 e. The van der Waals surface area contributed by atoms with Gasteiger partial charge in [0.1, 0.15) is 5.82 Å². The monoisotopic (exact) mass is 328 g/mol. The van der Waals surface area contributed by atoms with Crippen LogP contribution in [0.1, 0.15) is 25.7 Å². The van der Waals surface area contributed by atoms with Gasteiger partial charge in [-0.15, -0.1) is 0 Å². The molecule has 1 aromatic rings. The molecule has 1 aromatic carbocycles. The Morgan fingerprint density at radius 3 is 2.83 bits per heavy atom. The van der Waals surface area contributed by atoms with Gasteiger partial charge in [0.15, 0.2) is 5.17 Å². The maximum absolute atomic E-state index is 13.0. The maximum Gasteiger partial charge on any atom is 0.161 e. The molecule has 1 spiro atoms. The highest BCUT2D eigenvalue weighted by Crippen LogP contribution is 2.41. The SMILES string of the molecule is Fc1ccc(NC2=NC3(CCCC3)CS2)c(Br)c1. The molecule has 3 rings (SSSR count). The Bertz CT molecular complexity index is 498. The predicted molar refractivity (Wildman–Crippen MR) is 78.8 cm³/mol. The summed E-state index contributed by atoms with van der Waals surface area (Å²) >= 11 is 5.13. The number of nitrogens with one attached hydrogen (secondary N) is 1. The van der Waals surface area contributed by atoms with Gasteiger partial charge in [-0.25, -0.2) is 4.39 Å². The van der Waals surface area contributed by atoms with E-state index in [1.54, 1.807) is 17.8 Å². The van der Waals surface area contributed by atoms with Gasteiger partial charge in [0.2, 0.25) is 0 Å². The molecule has 1 saturated carbocycles. The molecule has 1 N–H and O–H groups in total. The highest BCUT2D eigenvalue weighted by molar-refractivity contribution is 9.10. The number of aliphatic imine (C=N–C) groups is 1. The minimum atomic E-state index is -0.235. The molecule has 0 radical (unpaired) electrons. The second-order valence-electron chi connectivity index (χ2n) is 4.89. The van der Waals surface area contributed by atoms with Gasteiger partial charge in [0.25, 0.3) is 0 Å². The van der Waals surface area contributed by atoms with Crippen LogP contribution in [0.3, 0.4) is 0 Å². The van der Waals surface area contributed by atoms with E-state index in [9.17, 15) is 4.39 Å². The van der Waals surface area contributed by atoms with Gasteiger partial charge < -0.3 is 5.32 Å². The minimum absolute atomic E-state index is 0.180. The third kappa shape index (κ3) is 2.43. The quantitative estimate of drug-likeness (QED) is 0.825. The van der Waals surface area contributed by atoms with Crippen molar-refractivity contribution in [3.63, 3.8) is 0 Å². The first kappa shape index (κ1) is 12.5. The van der Waals surface area contributed by atoms with Crippen LogP contribution in [-0.4, -0.2) is 16.5 Å². The van der Waals surface area contributed by atoms with E-state index in [1.807, 2.05) is 0 Å². The van der Waals surface area contributed by atoms with Crippen LogP contribution < -0.4 is 5.32 Å². The van der Waals surface area contributed by atoms with E-state index in [-0.39, 0.29) is 11.4 Å². The van der Waals surface area contributed by atoms with Gasteiger partial charge in [-0.1, -0.05) is 24.6 Å². The lowest BCUT2D eigenvalue weighted by Crippen LogP contribution is -2.21. The Kier molecular flexibility index (Phi) is 3.36. The summed E-state index contributed by atoms with van der Waals surface area (Å²) in [5.74, 6) is 0.842. The molecule has 0 atom stereocenters. The van der Waals surface area contributed by atoms with Gasteiger partial charge in [-0.3, -0.25) is 4.99 Å². The number of thioether (sulfide) groups is 1. The van der Waals surface area contributed by atoms with Crippen molar-refractivity contribution in [3.05, 3.63) is 28.5 Å². The van der Waals surface area contributed by atoms with Crippen molar-refractivity contribution in [1.82, 2.24) is 0 Å². The number of anilines is 1. The average Bonchev–Trinajstić information content (AvgIpc) is 2.94. The highest BCUT2D eigenvalue weighted by Gasteiger charge is 2.38. The Morgan fingerprint density at radius 2 is 2.11 bits per heavy atom. The lowest BCUT2D eigenvalue weighted by molar-refractivity contribution is 0.508. The van der Waals surface area contributed by atoms with Crippen molar-refractivity contribution in [2.24, 2.45) is 4.99 Å².